The van der Waals surface area contributed by atoms with E-state index in [0.29, 0.717) is 12.3 Å². The Morgan fingerprint density at radius 1 is 1.04 bits per heavy atom. The Bertz CT molecular complexity index is 751. The normalized spacial score (nSPS) is 17.6. The molecule has 1 heterocycles. The van der Waals surface area contributed by atoms with Gasteiger partial charge in [-0.15, -0.1) is 0 Å². The number of ether oxygens (including phenoxy) is 1. The van der Waals surface area contributed by atoms with Crippen molar-refractivity contribution in [1.82, 2.24) is 4.72 Å². The summed E-state index contributed by atoms with van der Waals surface area (Å²) in [6.07, 6.45) is 2.08. The van der Waals surface area contributed by atoms with E-state index in [1.54, 1.807) is 0 Å². The molecule has 0 amide bonds. The van der Waals surface area contributed by atoms with Gasteiger partial charge in [-0.1, -0.05) is 36.4 Å². The second kappa shape index (κ2) is 8.36. The molecule has 5 nitrogen and oxygen atoms in total. The maximum Gasteiger partial charge on any atom is 0.215 e. The Kier molecular flexibility index (Phi) is 5.94. The lowest BCUT2D eigenvalue weighted by Gasteiger charge is -2.27. The molecule has 1 aliphatic heterocycles. The van der Waals surface area contributed by atoms with Crippen LogP contribution in [0.15, 0.2) is 60.7 Å². The van der Waals surface area contributed by atoms with Crippen LogP contribution in [0.2, 0.25) is 0 Å². The minimum Gasteiger partial charge on any atom is -0.492 e. The number of nitrogens with zero attached hydrogens (tertiary/aromatic N) is 1. The van der Waals surface area contributed by atoms with Crippen LogP contribution in [0.25, 0.3) is 0 Å². The number of sulfonamides is 1. The highest BCUT2D eigenvalue weighted by molar-refractivity contribution is 7.89. The topological polar surface area (TPSA) is 58.6 Å². The standard InChI is InChI=1S/C19H24N2O3S/c22-25(23,15-14-24-19-11-5-2-6-12-19)20-16-18-10-7-13-21(18)17-8-3-1-4-9-17/h1-6,8-9,11-12,18,20H,7,10,13-16H2/t18-/m1/s1. The van der Waals surface area contributed by atoms with E-state index in [1.165, 1.54) is 0 Å². The summed E-state index contributed by atoms with van der Waals surface area (Å²) in [7, 11) is -3.35. The van der Waals surface area contributed by atoms with Gasteiger partial charge in [-0.3, -0.25) is 0 Å². The molecule has 1 N–H and O–H groups in total. The minimum absolute atomic E-state index is 0.0417. The molecule has 0 bridgehead atoms. The predicted molar refractivity (Wildman–Crippen MR) is 101 cm³/mol. The molecule has 6 heteroatoms. The molecular weight excluding hydrogens is 336 g/mol. The third-order valence-electron chi connectivity index (χ3n) is 4.37. The summed E-state index contributed by atoms with van der Waals surface area (Å²) in [6, 6.07) is 19.6. The molecule has 0 saturated carbocycles. The summed E-state index contributed by atoms with van der Waals surface area (Å²) in [5.74, 6) is 0.642. The zero-order valence-corrected chi connectivity index (χ0v) is 15.0. The Morgan fingerprint density at radius 2 is 1.72 bits per heavy atom. The molecule has 25 heavy (non-hydrogen) atoms. The van der Waals surface area contributed by atoms with Gasteiger partial charge >= 0.3 is 0 Å². The Hall–Kier alpha value is -2.05. The number of anilines is 1. The lowest BCUT2D eigenvalue weighted by Crippen LogP contribution is -2.41. The van der Waals surface area contributed by atoms with E-state index < -0.39 is 10.0 Å². The van der Waals surface area contributed by atoms with Crippen LogP contribution in [0.3, 0.4) is 0 Å². The predicted octanol–water partition coefficient (Wildman–Crippen LogP) is 2.65. The fourth-order valence-electron chi connectivity index (χ4n) is 3.09. The molecule has 2 aromatic rings. The molecule has 0 radical (unpaired) electrons. The fraction of sp³-hybridized carbons (Fsp3) is 0.368. The molecule has 1 saturated heterocycles. The number of nitrogens with one attached hydrogen (secondary N) is 1. The first-order valence-electron chi connectivity index (χ1n) is 8.61. The summed E-state index contributed by atoms with van der Waals surface area (Å²) >= 11 is 0. The number of hydrogen-bond donors (Lipinski definition) is 1. The van der Waals surface area contributed by atoms with E-state index >= 15 is 0 Å². The molecule has 2 aromatic carbocycles. The highest BCUT2D eigenvalue weighted by atomic mass is 32.2. The zero-order valence-electron chi connectivity index (χ0n) is 14.2. The maximum absolute atomic E-state index is 12.2. The van der Waals surface area contributed by atoms with Crippen molar-refractivity contribution in [2.45, 2.75) is 18.9 Å². The molecule has 1 fully saturated rings. The summed E-state index contributed by atoms with van der Waals surface area (Å²) in [4.78, 5) is 2.28. The van der Waals surface area contributed by atoms with E-state index in [9.17, 15) is 8.42 Å². The van der Waals surface area contributed by atoms with Gasteiger partial charge in [-0.05, 0) is 37.1 Å². The van der Waals surface area contributed by atoms with Gasteiger partial charge in [0.1, 0.15) is 12.4 Å². The molecule has 1 atom stereocenters. The number of hydrogen-bond acceptors (Lipinski definition) is 4. The lowest BCUT2D eigenvalue weighted by molar-refractivity contribution is 0.340. The van der Waals surface area contributed by atoms with Crippen LogP contribution in [0.4, 0.5) is 5.69 Å². The molecule has 0 aromatic heterocycles. The third kappa shape index (κ3) is 5.21. The Morgan fingerprint density at radius 3 is 2.44 bits per heavy atom. The van der Waals surface area contributed by atoms with E-state index in [-0.39, 0.29) is 18.4 Å². The van der Waals surface area contributed by atoms with Crippen LogP contribution in [0.1, 0.15) is 12.8 Å². The van der Waals surface area contributed by atoms with Gasteiger partial charge in [-0.25, -0.2) is 13.1 Å². The van der Waals surface area contributed by atoms with Crippen molar-refractivity contribution in [3.05, 3.63) is 60.7 Å². The summed E-state index contributed by atoms with van der Waals surface area (Å²) < 4.78 is 32.6. The van der Waals surface area contributed by atoms with Crippen molar-refractivity contribution < 1.29 is 13.2 Å². The summed E-state index contributed by atoms with van der Waals surface area (Å²) in [6.45, 7) is 1.54. The highest BCUT2D eigenvalue weighted by Crippen LogP contribution is 2.24. The molecule has 3 rings (SSSR count). The third-order valence-corrected chi connectivity index (χ3v) is 5.68. The van der Waals surface area contributed by atoms with E-state index in [2.05, 4.69) is 21.8 Å². The SMILES string of the molecule is O=S(=O)(CCOc1ccccc1)NC[C@H]1CCCN1c1ccccc1. The van der Waals surface area contributed by atoms with Crippen molar-refractivity contribution in [2.75, 3.05) is 30.3 Å². The zero-order chi connectivity index (χ0) is 17.5. The van der Waals surface area contributed by atoms with Crippen LogP contribution in [0.5, 0.6) is 5.75 Å². The molecule has 134 valence electrons. The molecule has 0 aliphatic carbocycles. The van der Waals surface area contributed by atoms with Gasteiger partial charge in [0.25, 0.3) is 0 Å². The van der Waals surface area contributed by atoms with E-state index in [1.807, 2.05) is 48.5 Å². The second-order valence-corrected chi connectivity index (χ2v) is 8.08. The van der Waals surface area contributed by atoms with Gasteiger partial charge < -0.3 is 9.64 Å². The fourth-order valence-corrected chi connectivity index (χ4v) is 3.98. The largest absolute Gasteiger partial charge is 0.492 e. The van der Waals surface area contributed by atoms with E-state index in [4.69, 9.17) is 4.74 Å². The maximum atomic E-state index is 12.2. The number of benzene rings is 2. The monoisotopic (exact) mass is 360 g/mol. The van der Waals surface area contributed by atoms with Crippen LogP contribution in [-0.2, 0) is 10.0 Å². The van der Waals surface area contributed by atoms with Crippen molar-refractivity contribution in [3.8, 4) is 5.75 Å². The average Bonchev–Trinajstić information content (AvgIpc) is 3.10. The van der Waals surface area contributed by atoms with Gasteiger partial charge in [0.15, 0.2) is 0 Å². The van der Waals surface area contributed by atoms with Crippen molar-refractivity contribution >= 4 is 15.7 Å². The van der Waals surface area contributed by atoms with Crippen molar-refractivity contribution in [1.29, 1.82) is 0 Å². The van der Waals surface area contributed by atoms with Gasteiger partial charge in [0.05, 0.1) is 5.75 Å². The quantitative estimate of drug-likeness (QED) is 0.786. The van der Waals surface area contributed by atoms with E-state index in [0.717, 1.165) is 25.1 Å². The first-order valence-corrected chi connectivity index (χ1v) is 10.3. The summed E-state index contributed by atoms with van der Waals surface area (Å²) in [5, 5.41) is 0. The number of rotatable bonds is 8. The lowest BCUT2D eigenvalue weighted by atomic mass is 10.2. The molecular formula is C19H24N2O3S. The van der Waals surface area contributed by atoms with Gasteiger partial charge in [0, 0.05) is 24.8 Å². The van der Waals surface area contributed by atoms with Crippen LogP contribution in [-0.4, -0.2) is 39.9 Å². The van der Waals surface area contributed by atoms with Gasteiger partial charge in [0.2, 0.25) is 10.0 Å². The average molecular weight is 360 g/mol. The smallest absolute Gasteiger partial charge is 0.215 e. The van der Waals surface area contributed by atoms with Crippen molar-refractivity contribution in [2.24, 2.45) is 0 Å². The van der Waals surface area contributed by atoms with Crippen LogP contribution in [0, 0.1) is 0 Å². The Balaban J connectivity index is 1.48. The molecule has 0 spiro atoms. The van der Waals surface area contributed by atoms with Gasteiger partial charge in [-0.2, -0.15) is 0 Å². The second-order valence-electron chi connectivity index (χ2n) is 6.15. The highest BCUT2D eigenvalue weighted by Gasteiger charge is 2.26. The first kappa shape index (κ1) is 17.8. The number of para-hydroxylation sites is 2. The molecule has 0 unspecified atom stereocenters. The minimum atomic E-state index is -3.35. The van der Waals surface area contributed by atoms with Crippen LogP contribution >= 0.6 is 0 Å². The Labute approximate surface area is 149 Å². The molecule has 1 aliphatic rings. The van der Waals surface area contributed by atoms with Crippen molar-refractivity contribution in [3.63, 3.8) is 0 Å². The first-order chi connectivity index (χ1) is 12.1. The summed E-state index contributed by atoms with van der Waals surface area (Å²) in [5.41, 5.74) is 1.15. The van der Waals surface area contributed by atoms with Crippen LogP contribution < -0.4 is 14.4 Å².